The zero-order valence-electron chi connectivity index (χ0n) is 23.0. The van der Waals surface area contributed by atoms with Gasteiger partial charge in [-0.25, -0.2) is 4.79 Å². The molecule has 0 saturated heterocycles. The lowest BCUT2D eigenvalue weighted by molar-refractivity contribution is -0.142. The molecule has 5 atom stereocenters. The van der Waals surface area contributed by atoms with Crippen LogP contribution in [0, 0.1) is 5.92 Å². The molecule has 41 heavy (non-hydrogen) atoms. The lowest BCUT2D eigenvalue weighted by Gasteiger charge is -2.28. The molecule has 0 fully saturated rings. The molecule has 0 saturated carbocycles. The van der Waals surface area contributed by atoms with Gasteiger partial charge in [0.2, 0.25) is 23.6 Å². The third kappa shape index (κ3) is 9.90. The van der Waals surface area contributed by atoms with Gasteiger partial charge in [0.1, 0.15) is 18.1 Å². The molecule has 224 valence electrons. The second-order valence-electron chi connectivity index (χ2n) is 9.94. The van der Waals surface area contributed by atoms with Crippen LogP contribution in [-0.2, 0) is 35.2 Å². The van der Waals surface area contributed by atoms with Crippen LogP contribution in [0.2, 0.25) is 0 Å². The van der Waals surface area contributed by atoms with E-state index in [1.54, 1.807) is 26.1 Å². The first-order valence-corrected chi connectivity index (χ1v) is 13.3. The number of carbonyl (C=O) groups is 6. The van der Waals surface area contributed by atoms with Gasteiger partial charge in [-0.3, -0.25) is 24.0 Å². The van der Waals surface area contributed by atoms with E-state index >= 15 is 0 Å². The maximum absolute atomic E-state index is 13.3. The van der Waals surface area contributed by atoms with Crippen molar-refractivity contribution in [1.82, 2.24) is 20.9 Å². The Labute approximate surface area is 236 Å². The lowest BCUT2D eigenvalue weighted by Crippen LogP contribution is -2.58. The summed E-state index contributed by atoms with van der Waals surface area (Å²) >= 11 is 0. The summed E-state index contributed by atoms with van der Waals surface area (Å²) < 4.78 is 0. The van der Waals surface area contributed by atoms with Crippen molar-refractivity contribution >= 4 is 46.5 Å². The molecule has 2 aromatic rings. The summed E-state index contributed by atoms with van der Waals surface area (Å²) in [7, 11) is 0. The van der Waals surface area contributed by atoms with E-state index in [0.29, 0.717) is 12.0 Å². The number of fused-ring (bicyclic) bond motifs is 1. The second kappa shape index (κ2) is 15.4. The molecule has 0 aliphatic rings. The Balaban J connectivity index is 2.20. The normalized spacial score (nSPS) is 14.7. The number of amides is 4. The number of hydrogen-bond donors (Lipinski definition) is 8. The van der Waals surface area contributed by atoms with Gasteiger partial charge in [-0.2, -0.15) is 0 Å². The lowest BCUT2D eigenvalue weighted by atomic mass is 9.96. The minimum absolute atomic E-state index is 0.0542. The molecule has 0 bridgehead atoms. The number of primary amides is 1. The van der Waals surface area contributed by atoms with Gasteiger partial charge in [-0.15, -0.1) is 0 Å². The Bertz CT molecular complexity index is 1260. The van der Waals surface area contributed by atoms with Crippen LogP contribution in [0.25, 0.3) is 10.9 Å². The molecule has 14 nitrogen and oxygen atoms in total. The maximum Gasteiger partial charge on any atom is 0.326 e. The van der Waals surface area contributed by atoms with Crippen molar-refractivity contribution in [1.29, 1.82) is 0 Å². The van der Waals surface area contributed by atoms with Gasteiger partial charge in [0.05, 0.1) is 6.04 Å². The average Bonchev–Trinajstić information content (AvgIpc) is 3.33. The van der Waals surface area contributed by atoms with E-state index in [2.05, 4.69) is 20.9 Å². The molecule has 1 heterocycles. The summed E-state index contributed by atoms with van der Waals surface area (Å²) in [5, 5.41) is 26.9. The van der Waals surface area contributed by atoms with Crippen molar-refractivity contribution in [2.75, 3.05) is 0 Å². The smallest absolute Gasteiger partial charge is 0.326 e. The number of aromatic amines is 1. The van der Waals surface area contributed by atoms with E-state index < -0.39 is 65.7 Å². The molecule has 14 heteroatoms. The van der Waals surface area contributed by atoms with Crippen LogP contribution >= 0.6 is 0 Å². The van der Waals surface area contributed by atoms with Crippen LogP contribution < -0.4 is 27.4 Å². The number of carboxylic acids is 2. The van der Waals surface area contributed by atoms with Gasteiger partial charge in [0.15, 0.2) is 0 Å². The van der Waals surface area contributed by atoms with Crippen molar-refractivity contribution in [2.45, 2.75) is 76.5 Å². The van der Waals surface area contributed by atoms with Gasteiger partial charge in [0.25, 0.3) is 0 Å². The summed E-state index contributed by atoms with van der Waals surface area (Å²) in [5.74, 6) is -5.93. The van der Waals surface area contributed by atoms with Crippen molar-refractivity contribution in [3.63, 3.8) is 0 Å². The highest BCUT2D eigenvalue weighted by atomic mass is 16.4. The van der Waals surface area contributed by atoms with Gasteiger partial charge >= 0.3 is 11.9 Å². The minimum Gasteiger partial charge on any atom is -0.481 e. The molecule has 2 rings (SSSR count). The Kier molecular flexibility index (Phi) is 12.3. The molecule has 5 unspecified atom stereocenters. The van der Waals surface area contributed by atoms with E-state index in [1.165, 1.54) is 0 Å². The first kappa shape index (κ1) is 32.8. The fourth-order valence-electron chi connectivity index (χ4n) is 4.18. The van der Waals surface area contributed by atoms with Gasteiger partial charge in [-0.1, -0.05) is 38.5 Å². The monoisotopic (exact) mass is 574 g/mol. The van der Waals surface area contributed by atoms with Crippen molar-refractivity contribution < 1.29 is 39.0 Å². The number of hydrogen-bond acceptors (Lipinski definition) is 7. The molecule has 0 aliphatic heterocycles. The summed E-state index contributed by atoms with van der Waals surface area (Å²) in [6.45, 7) is 3.47. The van der Waals surface area contributed by atoms with Crippen LogP contribution in [0.5, 0.6) is 0 Å². The van der Waals surface area contributed by atoms with Gasteiger partial charge < -0.3 is 42.6 Å². The number of benzene rings is 1. The minimum atomic E-state index is -1.35. The summed E-state index contributed by atoms with van der Waals surface area (Å²) in [6, 6.07) is 2.24. The van der Waals surface area contributed by atoms with Crippen LogP contribution in [-0.4, -0.2) is 74.9 Å². The van der Waals surface area contributed by atoms with Crippen molar-refractivity contribution in [3.05, 3.63) is 36.0 Å². The van der Waals surface area contributed by atoms with Crippen molar-refractivity contribution in [2.24, 2.45) is 17.4 Å². The number of nitrogens with one attached hydrogen (secondary N) is 4. The zero-order chi connectivity index (χ0) is 30.7. The molecule has 4 amide bonds. The molecule has 1 aromatic carbocycles. The first-order valence-electron chi connectivity index (χ1n) is 13.3. The topological polar surface area (TPSA) is 247 Å². The zero-order valence-corrected chi connectivity index (χ0v) is 23.0. The van der Waals surface area contributed by atoms with Crippen LogP contribution in [0.1, 0.15) is 51.5 Å². The van der Waals surface area contributed by atoms with Gasteiger partial charge in [-0.05, 0) is 30.4 Å². The molecule has 1 aromatic heterocycles. The average molecular weight is 575 g/mol. The third-order valence-electron chi connectivity index (χ3n) is 6.83. The molecule has 0 spiro atoms. The number of H-pyrrole nitrogens is 1. The number of para-hydroxylation sites is 1. The Morgan fingerprint density at radius 3 is 2.17 bits per heavy atom. The van der Waals surface area contributed by atoms with E-state index in [1.807, 2.05) is 18.2 Å². The van der Waals surface area contributed by atoms with Crippen molar-refractivity contribution in [3.8, 4) is 0 Å². The molecule has 10 N–H and O–H groups in total. The number of carboxylic acid groups (broad SMARTS) is 2. The number of nitrogens with two attached hydrogens (primary N) is 2. The highest BCUT2D eigenvalue weighted by molar-refractivity contribution is 5.95. The molecule has 0 radical (unpaired) electrons. The fourth-order valence-corrected chi connectivity index (χ4v) is 4.18. The van der Waals surface area contributed by atoms with E-state index in [9.17, 15) is 33.9 Å². The van der Waals surface area contributed by atoms with Gasteiger partial charge in [0, 0.05) is 36.4 Å². The summed E-state index contributed by atoms with van der Waals surface area (Å²) in [5.41, 5.74) is 12.5. The van der Waals surface area contributed by atoms with Crippen LogP contribution in [0.4, 0.5) is 0 Å². The Morgan fingerprint density at radius 2 is 1.56 bits per heavy atom. The molecular weight excluding hydrogens is 536 g/mol. The quantitative estimate of drug-likeness (QED) is 0.124. The number of carbonyl (C=O) groups excluding carboxylic acids is 4. The predicted octanol–water partition coefficient (Wildman–Crippen LogP) is -0.247. The third-order valence-corrected chi connectivity index (χ3v) is 6.83. The van der Waals surface area contributed by atoms with E-state index in [4.69, 9.17) is 16.6 Å². The Morgan fingerprint density at radius 1 is 0.902 bits per heavy atom. The highest BCUT2D eigenvalue weighted by Crippen LogP contribution is 2.19. The second-order valence-corrected chi connectivity index (χ2v) is 9.94. The highest BCUT2D eigenvalue weighted by Gasteiger charge is 2.33. The summed E-state index contributed by atoms with van der Waals surface area (Å²) in [6.07, 6.45) is 1.07. The standard InChI is InChI=1S/C27H38N6O8/c1-3-14(2)23(33-24(37)17(28)8-11-22(35)36)26(39)31-19(9-10-21(29)34)25(38)32-20(27(40)41)12-15-13-30-18-7-5-4-6-16(15)18/h4-7,13-14,17,19-20,23,30H,3,8-12,28H2,1-2H3,(H2,29,34)(H,31,39)(H,32,38)(H,33,37)(H,35,36)(H,40,41). The first-order chi connectivity index (χ1) is 19.3. The number of rotatable bonds is 17. The molecule has 0 aliphatic carbocycles. The predicted molar refractivity (Wildman–Crippen MR) is 148 cm³/mol. The number of aromatic nitrogens is 1. The van der Waals surface area contributed by atoms with E-state index in [-0.39, 0.29) is 32.1 Å². The van der Waals surface area contributed by atoms with E-state index in [0.717, 1.165) is 10.9 Å². The molecular formula is C27H38N6O8. The Hall–Kier alpha value is -4.46. The maximum atomic E-state index is 13.3. The number of aliphatic carboxylic acids is 2. The largest absolute Gasteiger partial charge is 0.481 e. The SMILES string of the molecule is CCC(C)C(NC(=O)C(N)CCC(=O)O)C(=O)NC(CCC(N)=O)C(=O)NC(Cc1c[nH]c2ccccc12)C(=O)O. The van der Waals surface area contributed by atoms with Crippen LogP contribution in [0.15, 0.2) is 30.5 Å². The fraction of sp³-hybridized carbons (Fsp3) is 0.481. The van der Waals surface area contributed by atoms with Crippen LogP contribution in [0.3, 0.4) is 0 Å². The summed E-state index contributed by atoms with van der Waals surface area (Å²) in [4.78, 5) is 76.4.